The average molecular weight is 373 g/mol. The van der Waals surface area contributed by atoms with Crippen LogP contribution in [0, 0.1) is 5.82 Å². The Bertz CT molecular complexity index is 533. The Balaban J connectivity index is 2.14. The van der Waals surface area contributed by atoms with Crippen molar-refractivity contribution in [2.24, 2.45) is 0 Å². The number of carbonyl (C=O) groups is 1. The van der Waals surface area contributed by atoms with Gasteiger partial charge in [0, 0.05) is 24.1 Å². The Morgan fingerprint density at radius 1 is 1.36 bits per heavy atom. The zero-order valence-electron chi connectivity index (χ0n) is 12.9. The second kappa shape index (κ2) is 7.42. The van der Waals surface area contributed by atoms with E-state index in [9.17, 15) is 14.3 Å². The maximum atomic E-state index is 14.1. The van der Waals surface area contributed by atoms with Crippen LogP contribution in [0.25, 0.3) is 0 Å². The van der Waals surface area contributed by atoms with Gasteiger partial charge >= 0.3 is 6.03 Å². The number of halogens is 2. The first-order valence-corrected chi connectivity index (χ1v) is 8.40. The molecule has 0 unspecified atom stereocenters. The number of aliphatic hydroxyl groups is 1. The van der Waals surface area contributed by atoms with Crippen LogP contribution in [0.2, 0.25) is 0 Å². The third-order valence-electron chi connectivity index (χ3n) is 4.26. The minimum atomic E-state index is -0.419. The van der Waals surface area contributed by atoms with Crippen LogP contribution in [0.5, 0.6) is 0 Å². The summed E-state index contributed by atoms with van der Waals surface area (Å²) in [6.07, 6.45) is 2.72. The van der Waals surface area contributed by atoms with Crippen molar-refractivity contribution in [3.63, 3.8) is 0 Å². The number of rotatable bonds is 3. The van der Waals surface area contributed by atoms with Crippen molar-refractivity contribution in [3.05, 3.63) is 28.5 Å². The van der Waals surface area contributed by atoms with E-state index in [1.807, 2.05) is 6.92 Å². The number of aliphatic hydroxyl groups excluding tert-OH is 1. The van der Waals surface area contributed by atoms with Crippen LogP contribution >= 0.6 is 15.9 Å². The molecule has 0 aliphatic heterocycles. The number of hydrogen-bond donors (Lipinski definition) is 1. The highest BCUT2D eigenvalue weighted by molar-refractivity contribution is 9.10. The highest BCUT2D eigenvalue weighted by Gasteiger charge is 2.29. The molecule has 6 heteroatoms. The summed E-state index contributed by atoms with van der Waals surface area (Å²) in [5.74, 6) is -0.419. The molecule has 0 atom stereocenters. The number of amides is 2. The van der Waals surface area contributed by atoms with Crippen molar-refractivity contribution >= 4 is 27.6 Å². The first-order chi connectivity index (χ1) is 10.4. The van der Waals surface area contributed by atoms with Crippen molar-refractivity contribution in [2.75, 3.05) is 18.5 Å². The Hall–Kier alpha value is -1.14. The quantitative estimate of drug-likeness (QED) is 0.877. The lowest BCUT2D eigenvalue weighted by Crippen LogP contribution is -2.47. The zero-order chi connectivity index (χ0) is 16.3. The molecular formula is C16H22BrFN2O2. The predicted octanol–water partition coefficient (Wildman–Crippen LogP) is 3.77. The molecule has 1 aromatic carbocycles. The highest BCUT2D eigenvalue weighted by Crippen LogP contribution is 2.27. The highest BCUT2D eigenvalue weighted by atomic mass is 79.9. The second-order valence-electron chi connectivity index (χ2n) is 5.70. The molecule has 0 heterocycles. The average Bonchev–Trinajstić information content (AvgIpc) is 2.50. The Morgan fingerprint density at radius 2 is 2.00 bits per heavy atom. The van der Waals surface area contributed by atoms with Gasteiger partial charge in [-0.1, -0.05) is 15.9 Å². The van der Waals surface area contributed by atoms with Crippen LogP contribution in [0.3, 0.4) is 0 Å². The van der Waals surface area contributed by atoms with Crippen LogP contribution in [0.15, 0.2) is 22.7 Å². The summed E-state index contributed by atoms with van der Waals surface area (Å²) in [5, 5.41) is 9.58. The lowest BCUT2D eigenvalue weighted by molar-refractivity contribution is 0.0931. The molecule has 1 aromatic rings. The number of hydrogen-bond acceptors (Lipinski definition) is 2. The van der Waals surface area contributed by atoms with E-state index >= 15 is 0 Å². The first-order valence-electron chi connectivity index (χ1n) is 7.61. The standard InChI is InChI=1S/C16H22BrFN2O2/c1-3-20(15-9-4-11(17)10-14(15)18)16(22)19(2)12-5-7-13(21)8-6-12/h4,9-10,12-13,21H,3,5-8H2,1-2H3/t12-,13+. The molecule has 1 N–H and O–H groups in total. The van der Waals surface area contributed by atoms with E-state index in [0.717, 1.165) is 12.8 Å². The Morgan fingerprint density at radius 3 is 2.55 bits per heavy atom. The summed E-state index contributed by atoms with van der Waals surface area (Å²) in [7, 11) is 1.75. The molecule has 1 aliphatic rings. The molecule has 2 rings (SSSR count). The van der Waals surface area contributed by atoms with Crippen LogP contribution < -0.4 is 4.90 Å². The van der Waals surface area contributed by atoms with Crippen molar-refractivity contribution < 1.29 is 14.3 Å². The van der Waals surface area contributed by atoms with Crippen molar-refractivity contribution in [1.29, 1.82) is 0 Å². The minimum Gasteiger partial charge on any atom is -0.393 e. The van der Waals surface area contributed by atoms with E-state index < -0.39 is 5.82 Å². The summed E-state index contributed by atoms with van der Waals surface area (Å²) in [6.45, 7) is 2.23. The molecule has 1 fully saturated rings. The number of anilines is 1. The third-order valence-corrected chi connectivity index (χ3v) is 4.76. The number of urea groups is 1. The number of benzene rings is 1. The summed E-state index contributed by atoms with van der Waals surface area (Å²) < 4.78 is 14.8. The molecule has 2 amide bonds. The normalized spacial score (nSPS) is 21.5. The monoisotopic (exact) mass is 372 g/mol. The van der Waals surface area contributed by atoms with Gasteiger partial charge in [-0.3, -0.25) is 4.90 Å². The summed E-state index contributed by atoms with van der Waals surface area (Å²) in [5.41, 5.74) is 0.290. The van der Waals surface area contributed by atoms with E-state index in [1.54, 1.807) is 24.1 Å². The fraction of sp³-hybridized carbons (Fsp3) is 0.562. The number of nitrogens with zero attached hydrogens (tertiary/aromatic N) is 2. The van der Waals surface area contributed by atoms with E-state index in [1.165, 1.54) is 11.0 Å². The van der Waals surface area contributed by atoms with Gasteiger partial charge in [0.2, 0.25) is 0 Å². The smallest absolute Gasteiger partial charge is 0.324 e. The molecule has 0 saturated heterocycles. The Labute approximate surface area is 139 Å². The van der Waals surface area contributed by atoms with Gasteiger partial charge in [-0.05, 0) is 50.8 Å². The van der Waals surface area contributed by atoms with E-state index in [-0.39, 0.29) is 18.2 Å². The van der Waals surface area contributed by atoms with Gasteiger partial charge in [0.05, 0.1) is 11.8 Å². The fourth-order valence-corrected chi connectivity index (χ4v) is 3.23. The van der Waals surface area contributed by atoms with Crippen molar-refractivity contribution in [2.45, 2.75) is 44.8 Å². The van der Waals surface area contributed by atoms with E-state index in [0.29, 0.717) is 29.5 Å². The molecule has 122 valence electrons. The first kappa shape index (κ1) is 17.2. The van der Waals surface area contributed by atoms with Crippen LogP contribution in [-0.2, 0) is 0 Å². The maximum absolute atomic E-state index is 14.1. The van der Waals surface area contributed by atoms with Gasteiger partial charge in [-0.25, -0.2) is 9.18 Å². The summed E-state index contributed by atoms with van der Waals surface area (Å²) in [6, 6.07) is 4.60. The molecule has 0 radical (unpaired) electrons. The van der Waals surface area contributed by atoms with Crippen LogP contribution in [-0.4, -0.2) is 41.8 Å². The summed E-state index contributed by atoms with van der Waals surface area (Å²) in [4.78, 5) is 15.8. The predicted molar refractivity (Wildman–Crippen MR) is 88.5 cm³/mol. The lowest BCUT2D eigenvalue weighted by Gasteiger charge is -2.36. The maximum Gasteiger partial charge on any atom is 0.324 e. The van der Waals surface area contributed by atoms with E-state index in [4.69, 9.17) is 0 Å². The van der Waals surface area contributed by atoms with Crippen molar-refractivity contribution in [3.8, 4) is 0 Å². The molecule has 1 aliphatic carbocycles. The molecule has 1 saturated carbocycles. The van der Waals surface area contributed by atoms with Crippen molar-refractivity contribution in [1.82, 2.24) is 4.90 Å². The summed E-state index contributed by atoms with van der Waals surface area (Å²) >= 11 is 3.22. The molecule has 4 nitrogen and oxygen atoms in total. The van der Waals surface area contributed by atoms with Gasteiger partial charge in [0.25, 0.3) is 0 Å². The van der Waals surface area contributed by atoms with Crippen LogP contribution in [0.1, 0.15) is 32.6 Å². The third kappa shape index (κ3) is 3.79. The number of carbonyl (C=O) groups excluding carboxylic acids is 1. The zero-order valence-corrected chi connectivity index (χ0v) is 14.5. The molecule has 0 aromatic heterocycles. The lowest BCUT2D eigenvalue weighted by atomic mass is 9.92. The van der Waals surface area contributed by atoms with Gasteiger partial charge in [-0.15, -0.1) is 0 Å². The van der Waals surface area contributed by atoms with Gasteiger partial charge in [0.15, 0.2) is 0 Å². The fourth-order valence-electron chi connectivity index (χ4n) is 2.90. The minimum absolute atomic E-state index is 0.100. The van der Waals surface area contributed by atoms with E-state index in [2.05, 4.69) is 15.9 Å². The second-order valence-corrected chi connectivity index (χ2v) is 6.61. The largest absolute Gasteiger partial charge is 0.393 e. The molecule has 0 spiro atoms. The molecular weight excluding hydrogens is 351 g/mol. The van der Waals surface area contributed by atoms with Gasteiger partial charge in [0.1, 0.15) is 5.82 Å². The molecule has 22 heavy (non-hydrogen) atoms. The topological polar surface area (TPSA) is 43.8 Å². The SMILES string of the molecule is CCN(C(=O)N(C)[C@H]1CC[C@@H](O)CC1)c1ccc(Br)cc1F. The Kier molecular flexibility index (Phi) is 5.81. The van der Waals surface area contributed by atoms with Gasteiger partial charge in [-0.2, -0.15) is 0 Å². The molecule has 0 bridgehead atoms. The van der Waals surface area contributed by atoms with Gasteiger partial charge < -0.3 is 10.0 Å². The van der Waals surface area contributed by atoms with Crippen LogP contribution in [0.4, 0.5) is 14.9 Å².